The van der Waals surface area contributed by atoms with Gasteiger partial charge in [-0.2, -0.15) is 19.0 Å². The molecule has 1 atom stereocenters. The minimum absolute atomic E-state index is 0.106. The molecule has 0 bridgehead atoms. The number of benzene rings is 2. The third kappa shape index (κ3) is 9.62. The van der Waals surface area contributed by atoms with Crippen molar-refractivity contribution in [3.8, 4) is 16.8 Å². The Balaban J connectivity index is 1.53. The molecule has 0 spiro atoms. The van der Waals surface area contributed by atoms with Crippen LogP contribution >= 0.6 is 11.6 Å². The normalized spacial score (nSPS) is 13.7. The summed E-state index contributed by atoms with van der Waals surface area (Å²) in [4.78, 5) is 33.8. The number of nitrogens with zero attached hydrogens (tertiary/aromatic N) is 7. The van der Waals surface area contributed by atoms with E-state index in [4.69, 9.17) is 21.7 Å². The Kier molecular flexibility index (Phi) is 11.6. The molecule has 1 saturated carbocycles. The van der Waals surface area contributed by atoms with E-state index in [1.807, 2.05) is 20.8 Å². The van der Waals surface area contributed by atoms with E-state index in [-0.39, 0.29) is 23.0 Å². The van der Waals surface area contributed by atoms with Crippen LogP contribution in [-0.4, -0.2) is 84.5 Å². The molecule has 2 amide bonds. The highest BCUT2D eigenvalue weighted by molar-refractivity contribution is 6.32. The molecule has 1 aliphatic carbocycles. The zero-order valence-corrected chi connectivity index (χ0v) is 28.9. The number of rotatable bonds is 13. The first-order valence-electron chi connectivity index (χ1n) is 16.2. The molecule has 2 aromatic heterocycles. The molecule has 51 heavy (non-hydrogen) atoms. The van der Waals surface area contributed by atoms with Crippen LogP contribution in [-0.2, 0) is 4.74 Å². The van der Waals surface area contributed by atoms with Gasteiger partial charge >= 0.3 is 12.6 Å². The molecule has 2 aromatic carbocycles. The Morgan fingerprint density at radius 1 is 1.08 bits per heavy atom. The summed E-state index contributed by atoms with van der Waals surface area (Å²) < 4.78 is 60.6. The van der Waals surface area contributed by atoms with Gasteiger partial charge in [0, 0.05) is 29.9 Å². The number of carbonyl (C=O) groups is 2. The summed E-state index contributed by atoms with van der Waals surface area (Å²) in [5, 5.41) is 20.2. The SMILES string of the molecule is CC(C)(C)CCNC(=N)N(C(=O)c1ccc(-c2cnn(C(F)F)c2)cc1)[C@H](COC(=O)N(CC(F)F)C1CC1)c1ccc(Cl)c(-n2cncn2)c1. The lowest BCUT2D eigenvalue weighted by molar-refractivity contribution is 0.0441. The van der Waals surface area contributed by atoms with Gasteiger partial charge in [0.05, 0.1) is 29.5 Å². The van der Waals surface area contributed by atoms with Crippen molar-refractivity contribution in [2.24, 2.45) is 5.41 Å². The zero-order chi connectivity index (χ0) is 36.9. The van der Waals surface area contributed by atoms with Crippen LogP contribution in [0.15, 0.2) is 67.5 Å². The molecule has 1 fully saturated rings. The van der Waals surface area contributed by atoms with E-state index in [1.54, 1.807) is 30.3 Å². The second kappa shape index (κ2) is 15.9. The van der Waals surface area contributed by atoms with Crippen LogP contribution in [0.25, 0.3) is 16.8 Å². The van der Waals surface area contributed by atoms with Crippen LogP contribution in [0.2, 0.25) is 5.02 Å². The molecule has 272 valence electrons. The van der Waals surface area contributed by atoms with E-state index in [9.17, 15) is 27.2 Å². The van der Waals surface area contributed by atoms with E-state index in [1.165, 1.54) is 41.9 Å². The number of alkyl halides is 4. The van der Waals surface area contributed by atoms with Crippen molar-refractivity contribution < 1.29 is 31.9 Å². The molecule has 5 rings (SSSR count). The molecular formula is C34H38ClF4N9O3. The average molecular weight is 732 g/mol. The van der Waals surface area contributed by atoms with E-state index in [2.05, 4.69) is 20.5 Å². The second-order valence-corrected chi connectivity index (χ2v) is 13.7. The molecule has 0 aliphatic heterocycles. The number of hydrogen-bond acceptors (Lipinski definition) is 7. The third-order valence-electron chi connectivity index (χ3n) is 8.15. The molecule has 0 radical (unpaired) electrons. The summed E-state index contributed by atoms with van der Waals surface area (Å²) in [7, 11) is 0. The Bertz CT molecular complexity index is 1810. The monoisotopic (exact) mass is 731 g/mol. The van der Waals surface area contributed by atoms with E-state index < -0.39 is 44.2 Å². The topological polar surface area (TPSA) is 134 Å². The number of carbonyl (C=O) groups excluding carboxylic acids is 2. The largest absolute Gasteiger partial charge is 0.447 e. The van der Waals surface area contributed by atoms with Gasteiger partial charge in [-0.3, -0.25) is 20.0 Å². The van der Waals surface area contributed by atoms with Gasteiger partial charge in [0.2, 0.25) is 0 Å². The van der Waals surface area contributed by atoms with Gasteiger partial charge in [-0.05, 0) is 60.1 Å². The van der Waals surface area contributed by atoms with Gasteiger partial charge in [-0.25, -0.2) is 27.9 Å². The van der Waals surface area contributed by atoms with E-state index >= 15 is 0 Å². The third-order valence-corrected chi connectivity index (χ3v) is 8.47. The maximum atomic E-state index is 14.5. The summed E-state index contributed by atoms with van der Waals surface area (Å²) in [6.07, 6.45) is 3.21. The number of guanidine groups is 1. The number of ether oxygens (including phenoxy) is 1. The van der Waals surface area contributed by atoms with Crippen molar-refractivity contribution in [2.45, 2.75) is 65.1 Å². The lowest BCUT2D eigenvalue weighted by Gasteiger charge is -2.33. The van der Waals surface area contributed by atoms with Crippen LogP contribution in [0.3, 0.4) is 0 Å². The van der Waals surface area contributed by atoms with Crippen LogP contribution in [0.4, 0.5) is 22.4 Å². The molecule has 0 unspecified atom stereocenters. The molecule has 2 N–H and O–H groups in total. The summed E-state index contributed by atoms with van der Waals surface area (Å²) in [5.74, 6) is -0.973. The fourth-order valence-corrected chi connectivity index (χ4v) is 5.49. The van der Waals surface area contributed by atoms with Crippen molar-refractivity contribution >= 4 is 29.6 Å². The highest BCUT2D eigenvalue weighted by Gasteiger charge is 2.37. The predicted octanol–water partition coefficient (Wildman–Crippen LogP) is 7.19. The standard InChI is InChI=1S/C34H38ClF4N9O3/c1-34(2,3)12-13-42-32(40)48(30(49)22-6-4-21(5-7-22)24-15-43-46(16-24)31(38)39)28(18-51-33(50)45(17-29(36)37)25-9-10-25)23-8-11-26(35)27(14-23)47-20-41-19-44-47/h4-8,11,14-16,19-20,25,28-29,31H,9-10,12-13,17-18H2,1-3H3,(H2,40,42)/t28-/m1/s1. The van der Waals surface area contributed by atoms with E-state index in [0.717, 1.165) is 9.80 Å². The Labute approximate surface area is 296 Å². The molecule has 2 heterocycles. The molecule has 17 heteroatoms. The predicted molar refractivity (Wildman–Crippen MR) is 181 cm³/mol. The molecule has 12 nitrogen and oxygen atoms in total. The van der Waals surface area contributed by atoms with Crippen LogP contribution in [0.5, 0.6) is 0 Å². The molecular weight excluding hydrogens is 694 g/mol. The van der Waals surface area contributed by atoms with Gasteiger partial charge in [-0.15, -0.1) is 0 Å². The fraction of sp³-hybridized carbons (Fsp3) is 0.412. The number of halogens is 5. The first-order valence-corrected chi connectivity index (χ1v) is 16.5. The lowest BCUT2D eigenvalue weighted by Crippen LogP contribution is -2.49. The highest BCUT2D eigenvalue weighted by Crippen LogP contribution is 2.32. The van der Waals surface area contributed by atoms with Gasteiger partial charge in [-0.1, -0.05) is 50.6 Å². The van der Waals surface area contributed by atoms with Crippen molar-refractivity contribution in [3.63, 3.8) is 0 Å². The number of nitrogens with one attached hydrogen (secondary N) is 2. The summed E-state index contributed by atoms with van der Waals surface area (Å²) >= 11 is 6.51. The van der Waals surface area contributed by atoms with E-state index in [0.29, 0.717) is 57.9 Å². The van der Waals surface area contributed by atoms with Crippen molar-refractivity contribution in [3.05, 3.63) is 83.7 Å². The number of hydrogen-bond donors (Lipinski definition) is 2. The van der Waals surface area contributed by atoms with Crippen molar-refractivity contribution in [1.82, 2.24) is 39.7 Å². The minimum atomic E-state index is -2.82. The minimum Gasteiger partial charge on any atom is -0.447 e. The highest BCUT2D eigenvalue weighted by atomic mass is 35.5. The Morgan fingerprint density at radius 2 is 1.80 bits per heavy atom. The number of amides is 2. The molecule has 4 aromatic rings. The maximum Gasteiger partial charge on any atom is 0.410 e. The summed E-state index contributed by atoms with van der Waals surface area (Å²) in [5.41, 5.74) is 1.71. The summed E-state index contributed by atoms with van der Waals surface area (Å²) in [6, 6.07) is 9.33. The first kappa shape index (κ1) is 37.3. The van der Waals surface area contributed by atoms with Gasteiger partial charge in [0.25, 0.3) is 12.3 Å². The first-order chi connectivity index (χ1) is 24.2. The van der Waals surface area contributed by atoms with Crippen LogP contribution < -0.4 is 5.32 Å². The Hall–Kier alpha value is -4.99. The van der Waals surface area contributed by atoms with Crippen LogP contribution in [0, 0.1) is 10.8 Å². The second-order valence-electron chi connectivity index (χ2n) is 13.2. The maximum absolute atomic E-state index is 14.5. The number of aromatic nitrogens is 5. The summed E-state index contributed by atoms with van der Waals surface area (Å²) in [6.45, 7) is 2.27. The fourth-order valence-electron chi connectivity index (χ4n) is 5.28. The quantitative estimate of drug-likeness (QED) is 0.0845. The average Bonchev–Trinajstić information content (AvgIpc) is 3.53. The smallest absolute Gasteiger partial charge is 0.410 e. The molecule has 0 saturated heterocycles. The Morgan fingerprint density at radius 3 is 2.39 bits per heavy atom. The zero-order valence-electron chi connectivity index (χ0n) is 28.1. The van der Waals surface area contributed by atoms with Crippen molar-refractivity contribution in [2.75, 3.05) is 19.7 Å². The molecule has 1 aliphatic rings. The van der Waals surface area contributed by atoms with Crippen LogP contribution in [0.1, 0.15) is 68.5 Å². The van der Waals surface area contributed by atoms with Gasteiger partial charge in [0.1, 0.15) is 19.3 Å². The van der Waals surface area contributed by atoms with Crippen molar-refractivity contribution in [1.29, 1.82) is 5.41 Å². The lowest BCUT2D eigenvalue weighted by atomic mass is 9.92. The van der Waals surface area contributed by atoms with Gasteiger partial charge < -0.3 is 10.1 Å². The van der Waals surface area contributed by atoms with Gasteiger partial charge in [0.15, 0.2) is 5.96 Å².